The molecule has 3 aliphatic rings. The van der Waals surface area contributed by atoms with E-state index in [1.165, 1.54) is 32.1 Å². The van der Waals surface area contributed by atoms with Crippen LogP contribution in [-0.2, 0) is 4.79 Å². The van der Waals surface area contributed by atoms with Gasteiger partial charge in [-0.15, -0.1) is 0 Å². The molecular formula is C20H36N4O2. The van der Waals surface area contributed by atoms with Crippen LogP contribution in [0.4, 0.5) is 4.79 Å². The standard InChI is InChI=1S/C20H36N4O2/c1-2-17-5-7-18(8-6-17)15-21-20(26)24-13-11-22(12-14-24)16-19(25)23-9-3-4-10-23/h17-18H,2-16H2,1H3,(H,21,26). The molecule has 2 aliphatic heterocycles. The topological polar surface area (TPSA) is 55.9 Å². The van der Waals surface area contributed by atoms with Gasteiger partial charge < -0.3 is 15.1 Å². The maximum absolute atomic E-state index is 12.4. The van der Waals surface area contributed by atoms with Crippen LogP contribution in [0.1, 0.15) is 51.9 Å². The van der Waals surface area contributed by atoms with Crippen molar-refractivity contribution in [1.29, 1.82) is 0 Å². The zero-order valence-corrected chi connectivity index (χ0v) is 16.4. The number of amides is 3. The average Bonchev–Trinajstić information content (AvgIpc) is 3.22. The van der Waals surface area contributed by atoms with Crippen LogP contribution in [0.3, 0.4) is 0 Å². The van der Waals surface area contributed by atoms with Crippen LogP contribution in [0, 0.1) is 11.8 Å². The third kappa shape index (κ3) is 5.35. The molecule has 1 saturated carbocycles. The molecule has 6 nitrogen and oxygen atoms in total. The van der Waals surface area contributed by atoms with E-state index in [2.05, 4.69) is 17.1 Å². The van der Waals surface area contributed by atoms with Crippen LogP contribution in [0.25, 0.3) is 0 Å². The Bertz CT molecular complexity index is 462. The number of rotatable bonds is 5. The third-order valence-corrected chi connectivity index (χ3v) is 6.56. The van der Waals surface area contributed by atoms with Gasteiger partial charge in [-0.1, -0.05) is 26.2 Å². The fourth-order valence-corrected chi connectivity index (χ4v) is 4.55. The largest absolute Gasteiger partial charge is 0.342 e. The highest BCUT2D eigenvalue weighted by Crippen LogP contribution is 2.30. The summed E-state index contributed by atoms with van der Waals surface area (Å²) in [5.41, 5.74) is 0. The van der Waals surface area contributed by atoms with Crippen LogP contribution in [0.5, 0.6) is 0 Å². The van der Waals surface area contributed by atoms with Gasteiger partial charge in [0.05, 0.1) is 6.54 Å². The third-order valence-electron chi connectivity index (χ3n) is 6.56. The van der Waals surface area contributed by atoms with Gasteiger partial charge in [-0.3, -0.25) is 9.69 Å². The van der Waals surface area contributed by atoms with Crippen molar-refractivity contribution in [2.24, 2.45) is 11.8 Å². The minimum absolute atomic E-state index is 0.0770. The van der Waals surface area contributed by atoms with Crippen molar-refractivity contribution in [3.8, 4) is 0 Å². The van der Waals surface area contributed by atoms with Gasteiger partial charge in [0.25, 0.3) is 0 Å². The fraction of sp³-hybridized carbons (Fsp3) is 0.900. The number of piperazine rings is 1. The lowest BCUT2D eigenvalue weighted by atomic mass is 9.81. The number of hydrogen-bond donors (Lipinski definition) is 1. The molecule has 0 aromatic rings. The lowest BCUT2D eigenvalue weighted by Crippen LogP contribution is -2.54. The molecule has 0 spiro atoms. The summed E-state index contributed by atoms with van der Waals surface area (Å²) in [6, 6.07) is 0.0770. The predicted octanol–water partition coefficient (Wildman–Crippen LogP) is 2.15. The summed E-state index contributed by atoms with van der Waals surface area (Å²) in [6.45, 7) is 8.50. The van der Waals surface area contributed by atoms with Crippen molar-refractivity contribution in [1.82, 2.24) is 20.0 Å². The zero-order chi connectivity index (χ0) is 18.4. The minimum Gasteiger partial charge on any atom is -0.342 e. The van der Waals surface area contributed by atoms with E-state index in [1.807, 2.05) is 9.80 Å². The van der Waals surface area contributed by atoms with E-state index in [-0.39, 0.29) is 11.9 Å². The van der Waals surface area contributed by atoms with Gasteiger partial charge in [0.2, 0.25) is 5.91 Å². The minimum atomic E-state index is 0.0770. The van der Waals surface area contributed by atoms with Crippen molar-refractivity contribution < 1.29 is 9.59 Å². The van der Waals surface area contributed by atoms with Gasteiger partial charge in [0.15, 0.2) is 0 Å². The highest BCUT2D eigenvalue weighted by atomic mass is 16.2. The molecule has 2 heterocycles. The van der Waals surface area contributed by atoms with E-state index in [1.54, 1.807) is 0 Å². The molecular weight excluding hydrogens is 328 g/mol. The fourth-order valence-electron chi connectivity index (χ4n) is 4.55. The van der Waals surface area contributed by atoms with E-state index in [4.69, 9.17) is 0 Å². The van der Waals surface area contributed by atoms with Gasteiger partial charge >= 0.3 is 6.03 Å². The lowest BCUT2D eigenvalue weighted by Gasteiger charge is -2.35. The Morgan fingerprint density at radius 2 is 1.46 bits per heavy atom. The Morgan fingerprint density at radius 3 is 2.08 bits per heavy atom. The number of carbonyl (C=O) groups excluding carboxylic acids is 2. The second-order valence-corrected chi connectivity index (χ2v) is 8.33. The Hall–Kier alpha value is -1.30. The number of nitrogens with one attached hydrogen (secondary N) is 1. The first kappa shape index (κ1) is 19.5. The van der Waals surface area contributed by atoms with Crippen LogP contribution in [0.15, 0.2) is 0 Å². The van der Waals surface area contributed by atoms with Crippen LogP contribution in [-0.4, -0.2) is 79.0 Å². The molecule has 3 rings (SSSR count). The molecule has 0 radical (unpaired) electrons. The van der Waals surface area contributed by atoms with Gasteiger partial charge in [0, 0.05) is 45.8 Å². The number of likely N-dealkylation sites (tertiary alicyclic amines) is 1. The second kappa shape index (κ2) is 9.58. The van der Waals surface area contributed by atoms with Crippen molar-refractivity contribution in [3.05, 3.63) is 0 Å². The van der Waals surface area contributed by atoms with E-state index in [0.717, 1.165) is 64.6 Å². The molecule has 6 heteroatoms. The van der Waals surface area contributed by atoms with E-state index < -0.39 is 0 Å². The van der Waals surface area contributed by atoms with Gasteiger partial charge in [-0.25, -0.2) is 4.79 Å². The van der Waals surface area contributed by atoms with Crippen LogP contribution < -0.4 is 5.32 Å². The van der Waals surface area contributed by atoms with Crippen molar-refractivity contribution in [2.45, 2.75) is 51.9 Å². The quantitative estimate of drug-likeness (QED) is 0.813. The molecule has 0 unspecified atom stereocenters. The number of carbonyl (C=O) groups is 2. The molecule has 0 bridgehead atoms. The Balaban J connectivity index is 1.31. The molecule has 0 aromatic carbocycles. The van der Waals surface area contributed by atoms with E-state index in [9.17, 15) is 9.59 Å². The Kier molecular flexibility index (Phi) is 7.17. The molecule has 26 heavy (non-hydrogen) atoms. The molecule has 1 aliphatic carbocycles. The highest BCUT2D eigenvalue weighted by molar-refractivity contribution is 5.78. The first-order chi connectivity index (χ1) is 12.7. The summed E-state index contributed by atoms with van der Waals surface area (Å²) < 4.78 is 0. The Labute approximate surface area is 158 Å². The first-order valence-corrected chi connectivity index (χ1v) is 10.7. The number of hydrogen-bond acceptors (Lipinski definition) is 3. The smallest absolute Gasteiger partial charge is 0.317 e. The number of urea groups is 1. The summed E-state index contributed by atoms with van der Waals surface area (Å²) in [5, 5.41) is 3.15. The number of nitrogens with zero attached hydrogens (tertiary/aromatic N) is 3. The summed E-state index contributed by atoms with van der Waals surface area (Å²) in [7, 11) is 0. The lowest BCUT2D eigenvalue weighted by molar-refractivity contribution is -0.131. The maximum Gasteiger partial charge on any atom is 0.317 e. The van der Waals surface area contributed by atoms with E-state index in [0.29, 0.717) is 12.5 Å². The molecule has 0 atom stereocenters. The molecule has 148 valence electrons. The second-order valence-electron chi connectivity index (χ2n) is 8.33. The summed E-state index contributed by atoms with van der Waals surface area (Å²) in [5.74, 6) is 1.81. The average molecular weight is 365 g/mol. The van der Waals surface area contributed by atoms with Gasteiger partial charge in [0.1, 0.15) is 0 Å². The molecule has 1 N–H and O–H groups in total. The van der Waals surface area contributed by atoms with Crippen LogP contribution in [0.2, 0.25) is 0 Å². The van der Waals surface area contributed by atoms with Crippen molar-refractivity contribution in [3.63, 3.8) is 0 Å². The van der Waals surface area contributed by atoms with Crippen LogP contribution >= 0.6 is 0 Å². The van der Waals surface area contributed by atoms with Crippen molar-refractivity contribution in [2.75, 3.05) is 52.4 Å². The first-order valence-electron chi connectivity index (χ1n) is 10.7. The summed E-state index contributed by atoms with van der Waals surface area (Å²) in [6.07, 6.45) is 8.72. The molecule has 3 amide bonds. The maximum atomic E-state index is 12.4. The van der Waals surface area contributed by atoms with E-state index >= 15 is 0 Å². The van der Waals surface area contributed by atoms with Gasteiger partial charge in [-0.05, 0) is 37.5 Å². The Morgan fingerprint density at radius 1 is 0.846 bits per heavy atom. The molecule has 0 aromatic heterocycles. The molecule has 3 fully saturated rings. The predicted molar refractivity (Wildman–Crippen MR) is 103 cm³/mol. The summed E-state index contributed by atoms with van der Waals surface area (Å²) in [4.78, 5) is 30.7. The molecule has 2 saturated heterocycles. The van der Waals surface area contributed by atoms with Crippen molar-refractivity contribution >= 4 is 11.9 Å². The highest BCUT2D eigenvalue weighted by Gasteiger charge is 2.26. The SMILES string of the molecule is CCC1CCC(CNC(=O)N2CCN(CC(=O)N3CCCC3)CC2)CC1. The monoisotopic (exact) mass is 364 g/mol. The normalized spacial score (nSPS) is 27.6. The zero-order valence-electron chi connectivity index (χ0n) is 16.4. The van der Waals surface area contributed by atoms with Gasteiger partial charge in [-0.2, -0.15) is 0 Å². The summed E-state index contributed by atoms with van der Waals surface area (Å²) >= 11 is 0.